The summed E-state index contributed by atoms with van der Waals surface area (Å²) in [4.78, 5) is 54.2. The molecule has 3 aliphatic rings. The average Bonchev–Trinajstić information content (AvgIpc) is 3.22. The van der Waals surface area contributed by atoms with E-state index in [1.807, 2.05) is 6.07 Å². The maximum atomic E-state index is 13.7. The van der Waals surface area contributed by atoms with Crippen LogP contribution in [0.15, 0.2) is 54.6 Å². The van der Waals surface area contributed by atoms with Gasteiger partial charge in [0.25, 0.3) is 5.91 Å². The van der Waals surface area contributed by atoms with Gasteiger partial charge in [0.2, 0.25) is 11.8 Å². The fourth-order valence-corrected chi connectivity index (χ4v) is 5.48. The van der Waals surface area contributed by atoms with Crippen molar-refractivity contribution in [1.29, 1.82) is 0 Å². The molecular weight excluding hydrogens is 448 g/mol. The van der Waals surface area contributed by atoms with E-state index in [0.717, 1.165) is 30.6 Å². The van der Waals surface area contributed by atoms with Gasteiger partial charge in [-0.3, -0.25) is 14.4 Å². The third-order valence-electron chi connectivity index (χ3n) is 6.88. The van der Waals surface area contributed by atoms with Crippen LogP contribution in [-0.4, -0.2) is 53.4 Å². The van der Waals surface area contributed by atoms with Crippen molar-refractivity contribution in [3.8, 4) is 0 Å². The lowest BCUT2D eigenvalue weighted by Gasteiger charge is -2.42. The molecule has 0 bridgehead atoms. The molecule has 2 N–H and O–H groups in total. The van der Waals surface area contributed by atoms with Crippen LogP contribution in [0.5, 0.6) is 0 Å². The van der Waals surface area contributed by atoms with E-state index in [-0.39, 0.29) is 30.4 Å². The van der Waals surface area contributed by atoms with Gasteiger partial charge in [0.15, 0.2) is 6.10 Å². The predicted octanol–water partition coefficient (Wildman–Crippen LogP) is 3.38. The van der Waals surface area contributed by atoms with Gasteiger partial charge in [-0.25, -0.2) is 9.69 Å². The Morgan fingerprint density at radius 1 is 0.971 bits per heavy atom. The first-order valence-electron chi connectivity index (χ1n) is 11.9. The third-order valence-corrected chi connectivity index (χ3v) is 6.88. The lowest BCUT2D eigenvalue weighted by atomic mass is 9.81. The van der Waals surface area contributed by atoms with E-state index in [2.05, 4.69) is 10.6 Å². The second-order valence-electron chi connectivity index (χ2n) is 9.26. The Kier molecular flexibility index (Phi) is 6.25. The average molecular weight is 477 g/mol. The van der Waals surface area contributed by atoms with Crippen LogP contribution in [0.3, 0.4) is 0 Å². The number of hydrogen-bond acceptors (Lipinski definition) is 5. The predicted molar refractivity (Wildman–Crippen MR) is 130 cm³/mol. The highest BCUT2D eigenvalue weighted by molar-refractivity contribution is 6.18. The maximum Gasteiger partial charge on any atom is 0.332 e. The number of fused-ring (bicyclic) bond motifs is 3. The van der Waals surface area contributed by atoms with Crippen LogP contribution < -0.4 is 15.5 Å². The molecular formula is C26H28N4O5. The van der Waals surface area contributed by atoms with Crippen molar-refractivity contribution >= 4 is 40.8 Å². The minimum atomic E-state index is -0.795. The Labute approximate surface area is 203 Å². The number of benzene rings is 2. The summed E-state index contributed by atoms with van der Waals surface area (Å²) >= 11 is 0. The molecule has 5 rings (SSSR count). The molecule has 0 radical (unpaired) electrons. The highest BCUT2D eigenvalue weighted by Crippen LogP contribution is 2.43. The molecule has 9 nitrogen and oxygen atoms in total. The molecule has 2 heterocycles. The van der Waals surface area contributed by atoms with E-state index in [0.29, 0.717) is 17.1 Å². The van der Waals surface area contributed by atoms with Gasteiger partial charge in [-0.1, -0.05) is 37.1 Å². The number of urea groups is 1. The van der Waals surface area contributed by atoms with E-state index in [1.165, 1.54) is 11.8 Å². The van der Waals surface area contributed by atoms with Gasteiger partial charge in [-0.2, -0.15) is 0 Å². The number of amides is 5. The monoisotopic (exact) mass is 476 g/mol. The van der Waals surface area contributed by atoms with Gasteiger partial charge in [0.05, 0.1) is 17.8 Å². The fourth-order valence-electron chi connectivity index (χ4n) is 5.48. The van der Waals surface area contributed by atoms with Gasteiger partial charge in [0, 0.05) is 24.2 Å². The second-order valence-corrected chi connectivity index (χ2v) is 9.26. The van der Waals surface area contributed by atoms with Gasteiger partial charge >= 0.3 is 6.03 Å². The molecule has 3 fully saturated rings. The lowest BCUT2D eigenvalue weighted by molar-refractivity contribution is -0.133. The molecule has 2 aliphatic heterocycles. The van der Waals surface area contributed by atoms with Crippen LogP contribution in [0.2, 0.25) is 0 Å². The lowest BCUT2D eigenvalue weighted by Crippen LogP contribution is -2.65. The molecule has 35 heavy (non-hydrogen) atoms. The van der Waals surface area contributed by atoms with E-state index in [1.54, 1.807) is 48.5 Å². The summed E-state index contributed by atoms with van der Waals surface area (Å²) in [5.41, 5.74) is 1.50. The zero-order chi connectivity index (χ0) is 24.5. The quantitative estimate of drug-likeness (QED) is 0.688. The zero-order valence-corrected chi connectivity index (χ0v) is 19.5. The summed E-state index contributed by atoms with van der Waals surface area (Å²) in [6.07, 6.45) is 2.85. The Balaban J connectivity index is 1.41. The first-order valence-corrected chi connectivity index (χ1v) is 11.9. The third kappa shape index (κ3) is 4.51. The van der Waals surface area contributed by atoms with Crippen molar-refractivity contribution in [3.05, 3.63) is 54.6 Å². The number of nitrogens with zero attached hydrogens (tertiary/aromatic N) is 2. The summed E-state index contributed by atoms with van der Waals surface area (Å²) in [6.45, 7) is 1.19. The van der Waals surface area contributed by atoms with E-state index in [9.17, 15) is 19.2 Å². The minimum Gasteiger partial charge on any atom is -0.363 e. The van der Waals surface area contributed by atoms with E-state index < -0.39 is 24.1 Å². The number of imide groups is 1. The van der Waals surface area contributed by atoms with Crippen molar-refractivity contribution in [3.63, 3.8) is 0 Å². The largest absolute Gasteiger partial charge is 0.363 e. The SMILES string of the molecule is CC(=O)Nc1cccc(NC(=O)CN2C(=O)N(c3ccccc3)C(=O)C3OC4CCCCC4C32)c1. The molecule has 0 spiro atoms. The van der Waals surface area contributed by atoms with Gasteiger partial charge < -0.3 is 20.3 Å². The van der Waals surface area contributed by atoms with Gasteiger partial charge in [-0.15, -0.1) is 0 Å². The van der Waals surface area contributed by atoms with Crippen molar-refractivity contribution in [1.82, 2.24) is 4.90 Å². The standard InChI is InChI=1S/C26H28N4O5/c1-16(31)27-17-8-7-9-18(14-17)28-22(32)15-29-23-20-12-5-6-13-21(20)35-24(23)25(33)30(26(29)34)19-10-3-2-4-11-19/h2-4,7-11,14,20-21,23-24H,5-6,12-13,15H2,1H3,(H,27,31)(H,28,32). The highest BCUT2D eigenvalue weighted by Gasteiger charge is 2.58. The topological polar surface area (TPSA) is 108 Å². The molecule has 2 aromatic rings. The number of hydrogen-bond donors (Lipinski definition) is 2. The number of ether oxygens (including phenoxy) is 1. The van der Waals surface area contributed by atoms with Gasteiger partial charge in [-0.05, 0) is 43.2 Å². The van der Waals surface area contributed by atoms with E-state index >= 15 is 0 Å². The Bertz CT molecular complexity index is 1150. The number of carbonyl (C=O) groups is 4. The van der Waals surface area contributed by atoms with Crippen LogP contribution in [0.4, 0.5) is 21.9 Å². The Morgan fingerprint density at radius 3 is 2.43 bits per heavy atom. The summed E-state index contributed by atoms with van der Waals surface area (Å²) in [7, 11) is 0. The van der Waals surface area contributed by atoms with Crippen molar-refractivity contribution in [2.45, 2.75) is 50.9 Å². The summed E-state index contributed by atoms with van der Waals surface area (Å²) < 4.78 is 6.21. The van der Waals surface area contributed by atoms with Crippen LogP contribution >= 0.6 is 0 Å². The van der Waals surface area contributed by atoms with Crippen LogP contribution in [-0.2, 0) is 19.1 Å². The van der Waals surface area contributed by atoms with Crippen molar-refractivity contribution < 1.29 is 23.9 Å². The number of rotatable bonds is 5. The Hall–Kier alpha value is -3.72. The molecule has 9 heteroatoms. The molecule has 1 aliphatic carbocycles. The normalized spacial score (nSPS) is 25.6. The first kappa shape index (κ1) is 23.0. The zero-order valence-electron chi connectivity index (χ0n) is 19.5. The minimum absolute atomic E-state index is 0.0236. The summed E-state index contributed by atoms with van der Waals surface area (Å²) in [5, 5.41) is 5.49. The summed E-state index contributed by atoms with van der Waals surface area (Å²) in [5.74, 6) is -0.957. The second kappa shape index (κ2) is 9.50. The van der Waals surface area contributed by atoms with Crippen molar-refractivity contribution in [2.24, 2.45) is 5.92 Å². The molecule has 4 unspecified atom stereocenters. The molecule has 5 amide bonds. The van der Waals surface area contributed by atoms with Gasteiger partial charge in [0.1, 0.15) is 6.54 Å². The molecule has 2 saturated heterocycles. The van der Waals surface area contributed by atoms with E-state index in [4.69, 9.17) is 4.74 Å². The number of nitrogens with one attached hydrogen (secondary N) is 2. The molecule has 0 aromatic heterocycles. The summed E-state index contributed by atoms with van der Waals surface area (Å²) in [6, 6.07) is 14.5. The fraction of sp³-hybridized carbons (Fsp3) is 0.385. The number of carbonyl (C=O) groups excluding carboxylic acids is 4. The first-order chi connectivity index (χ1) is 16.9. The van der Waals surface area contributed by atoms with Crippen LogP contribution in [0, 0.1) is 5.92 Å². The molecule has 4 atom stereocenters. The number of anilines is 3. The Morgan fingerprint density at radius 2 is 1.69 bits per heavy atom. The molecule has 2 aromatic carbocycles. The van der Waals surface area contributed by atoms with Crippen molar-refractivity contribution in [2.75, 3.05) is 22.1 Å². The highest BCUT2D eigenvalue weighted by atomic mass is 16.5. The molecule has 182 valence electrons. The van der Waals surface area contributed by atoms with Crippen LogP contribution in [0.1, 0.15) is 32.6 Å². The van der Waals surface area contributed by atoms with Crippen LogP contribution in [0.25, 0.3) is 0 Å². The number of para-hydroxylation sites is 1. The smallest absolute Gasteiger partial charge is 0.332 e. The maximum absolute atomic E-state index is 13.7. The molecule has 1 saturated carbocycles.